The van der Waals surface area contributed by atoms with E-state index in [1.807, 2.05) is 23.7 Å². The minimum absolute atomic E-state index is 0.0333. The summed E-state index contributed by atoms with van der Waals surface area (Å²) in [5, 5.41) is 4.08. The molecule has 0 bridgehead atoms. The number of esters is 1. The van der Waals surface area contributed by atoms with Crippen LogP contribution in [0.5, 0.6) is 0 Å². The van der Waals surface area contributed by atoms with Crippen molar-refractivity contribution in [3.05, 3.63) is 80.3 Å². The van der Waals surface area contributed by atoms with E-state index in [-0.39, 0.29) is 25.0 Å². The van der Waals surface area contributed by atoms with Crippen molar-refractivity contribution >= 4 is 23.1 Å². The van der Waals surface area contributed by atoms with Crippen LogP contribution in [0.4, 0.5) is 0 Å². The summed E-state index contributed by atoms with van der Waals surface area (Å²) >= 11 is 1.68. The Hall–Kier alpha value is -2.70. The average Bonchev–Trinajstić information content (AvgIpc) is 3.31. The molecule has 0 unspecified atom stereocenters. The van der Waals surface area contributed by atoms with Crippen molar-refractivity contribution in [2.24, 2.45) is 0 Å². The van der Waals surface area contributed by atoms with Crippen molar-refractivity contribution in [1.82, 2.24) is 4.98 Å². The monoisotopic (exact) mass is 411 g/mol. The van der Waals surface area contributed by atoms with E-state index >= 15 is 0 Å². The van der Waals surface area contributed by atoms with Crippen LogP contribution in [0.2, 0.25) is 0 Å². The maximum Gasteiger partial charge on any atom is 0.340 e. The molecule has 5 nitrogen and oxygen atoms in total. The van der Waals surface area contributed by atoms with Crippen LogP contribution in [0.25, 0.3) is 0 Å². The molecule has 0 amide bonds. The molecule has 0 saturated carbocycles. The molecular weight excluding hydrogens is 384 g/mol. The van der Waals surface area contributed by atoms with Gasteiger partial charge in [0.1, 0.15) is 12.6 Å². The summed E-state index contributed by atoms with van der Waals surface area (Å²) in [7, 11) is 0. The number of H-pyrrole nitrogens is 1. The third kappa shape index (κ3) is 4.66. The van der Waals surface area contributed by atoms with E-state index in [1.54, 1.807) is 25.2 Å². The van der Waals surface area contributed by atoms with Crippen LogP contribution in [-0.4, -0.2) is 29.9 Å². The topological polar surface area (TPSA) is 75.8 Å². The Morgan fingerprint density at radius 1 is 1.07 bits per heavy atom. The van der Waals surface area contributed by atoms with Gasteiger partial charge in [0.2, 0.25) is 5.78 Å². The molecule has 6 heteroatoms. The summed E-state index contributed by atoms with van der Waals surface area (Å²) in [6, 6.07) is 12.5. The number of aromatic amines is 1. The molecule has 2 heterocycles. The number of aryl methyl sites for hydroxylation is 3. The highest BCUT2D eigenvalue weighted by molar-refractivity contribution is 7.10. The zero-order valence-corrected chi connectivity index (χ0v) is 18.1. The number of hydrogen-bond acceptors (Lipinski definition) is 4. The Bertz CT molecular complexity index is 988. The molecule has 1 aromatic carbocycles. The van der Waals surface area contributed by atoms with E-state index in [0.29, 0.717) is 22.5 Å². The Kier molecular flexibility index (Phi) is 6.67. The Labute approximate surface area is 175 Å². The standard InChI is InChI=1S/C23H26N2O3S/c1-5-28-23(27)21-16(4)25-15(3)20(21)18(26)13-24-22(19-7-6-12-29-19)17-10-8-14(2)9-11-17/h6-12,22,24-25H,5,13H2,1-4H3/p+1/t22-/m1/s1. The van der Waals surface area contributed by atoms with Crippen molar-refractivity contribution in [3.8, 4) is 0 Å². The van der Waals surface area contributed by atoms with Gasteiger partial charge in [0.05, 0.1) is 22.6 Å². The quantitative estimate of drug-likeness (QED) is 0.438. The summed E-state index contributed by atoms with van der Waals surface area (Å²) in [6.07, 6.45) is 0. The van der Waals surface area contributed by atoms with Gasteiger partial charge in [-0.15, -0.1) is 11.3 Å². The first-order chi connectivity index (χ1) is 13.9. The highest BCUT2D eigenvalue weighted by atomic mass is 32.1. The van der Waals surface area contributed by atoms with E-state index in [9.17, 15) is 9.59 Å². The number of ketones is 1. The molecule has 0 spiro atoms. The van der Waals surface area contributed by atoms with Crippen LogP contribution >= 0.6 is 11.3 Å². The van der Waals surface area contributed by atoms with Gasteiger partial charge >= 0.3 is 5.97 Å². The second-order valence-corrected chi connectivity index (χ2v) is 8.09. The number of hydrogen-bond donors (Lipinski definition) is 2. The average molecular weight is 412 g/mol. The Morgan fingerprint density at radius 2 is 1.76 bits per heavy atom. The van der Waals surface area contributed by atoms with Gasteiger partial charge in [-0.3, -0.25) is 4.79 Å². The van der Waals surface area contributed by atoms with E-state index in [0.717, 1.165) is 5.56 Å². The number of carbonyl (C=O) groups excluding carboxylic acids is 2. The van der Waals surface area contributed by atoms with Crippen LogP contribution in [0.1, 0.15) is 61.1 Å². The molecule has 29 heavy (non-hydrogen) atoms. The van der Waals surface area contributed by atoms with Crippen LogP contribution in [0.3, 0.4) is 0 Å². The first-order valence-corrected chi connectivity index (χ1v) is 10.6. The predicted octanol–water partition coefficient (Wildman–Crippen LogP) is 3.71. The lowest BCUT2D eigenvalue weighted by molar-refractivity contribution is -0.675. The van der Waals surface area contributed by atoms with Gasteiger partial charge < -0.3 is 15.0 Å². The van der Waals surface area contributed by atoms with Gasteiger partial charge in [-0.1, -0.05) is 35.9 Å². The molecule has 0 aliphatic carbocycles. The molecule has 3 aromatic rings. The molecule has 0 aliphatic rings. The number of ether oxygens (including phenoxy) is 1. The van der Waals surface area contributed by atoms with Gasteiger partial charge in [-0.05, 0) is 39.1 Å². The van der Waals surface area contributed by atoms with Crippen molar-refractivity contribution < 1.29 is 19.6 Å². The van der Waals surface area contributed by atoms with Crippen LogP contribution in [0, 0.1) is 20.8 Å². The number of thiophene rings is 1. The number of Topliss-reactive ketones (excluding diaryl/α,β-unsaturated/α-hetero) is 1. The maximum atomic E-state index is 13.1. The number of benzene rings is 1. The minimum atomic E-state index is -0.453. The van der Waals surface area contributed by atoms with Gasteiger partial charge in [-0.25, -0.2) is 4.79 Å². The predicted molar refractivity (Wildman–Crippen MR) is 115 cm³/mol. The summed E-state index contributed by atoms with van der Waals surface area (Å²) in [4.78, 5) is 29.8. The van der Waals surface area contributed by atoms with Crippen molar-refractivity contribution in [2.75, 3.05) is 13.2 Å². The van der Waals surface area contributed by atoms with Crippen molar-refractivity contribution in [2.45, 2.75) is 33.7 Å². The van der Waals surface area contributed by atoms with E-state index in [1.165, 1.54) is 10.4 Å². The molecule has 3 rings (SSSR count). The van der Waals surface area contributed by atoms with Gasteiger partial charge in [0.15, 0.2) is 0 Å². The largest absolute Gasteiger partial charge is 0.462 e. The number of nitrogens with two attached hydrogens (primary N) is 1. The molecule has 2 aromatic heterocycles. The zero-order valence-electron chi connectivity index (χ0n) is 17.2. The third-order valence-corrected chi connectivity index (χ3v) is 5.91. The lowest BCUT2D eigenvalue weighted by Crippen LogP contribution is -2.87. The molecular formula is C23H27N2O3S+. The summed E-state index contributed by atoms with van der Waals surface area (Å²) < 4.78 is 5.16. The lowest BCUT2D eigenvalue weighted by atomic mass is 10.0. The van der Waals surface area contributed by atoms with Gasteiger partial charge in [0.25, 0.3) is 0 Å². The number of carbonyl (C=O) groups is 2. The van der Waals surface area contributed by atoms with E-state index in [4.69, 9.17) is 4.74 Å². The Balaban J connectivity index is 1.85. The van der Waals surface area contributed by atoms with E-state index < -0.39 is 5.97 Å². The second kappa shape index (κ2) is 9.20. The van der Waals surface area contributed by atoms with Crippen LogP contribution < -0.4 is 5.32 Å². The van der Waals surface area contributed by atoms with E-state index in [2.05, 4.69) is 42.2 Å². The number of quaternary nitrogens is 1. The fourth-order valence-corrected chi connectivity index (χ4v) is 4.42. The summed E-state index contributed by atoms with van der Waals surface area (Å²) in [5.74, 6) is -0.533. The first-order valence-electron chi connectivity index (χ1n) is 9.75. The number of aromatic nitrogens is 1. The Morgan fingerprint density at radius 3 is 2.38 bits per heavy atom. The highest BCUT2D eigenvalue weighted by Gasteiger charge is 2.27. The fourth-order valence-electron chi connectivity index (χ4n) is 3.57. The smallest absolute Gasteiger partial charge is 0.340 e. The fraction of sp³-hybridized carbons (Fsp3) is 0.304. The first kappa shape index (κ1) is 21.0. The number of nitrogens with one attached hydrogen (secondary N) is 1. The molecule has 1 atom stereocenters. The zero-order chi connectivity index (χ0) is 21.0. The maximum absolute atomic E-state index is 13.1. The van der Waals surface area contributed by atoms with Crippen molar-refractivity contribution in [1.29, 1.82) is 0 Å². The molecule has 3 N–H and O–H groups in total. The second-order valence-electron chi connectivity index (χ2n) is 7.11. The lowest BCUT2D eigenvalue weighted by Gasteiger charge is -2.15. The molecule has 0 saturated heterocycles. The third-order valence-electron chi connectivity index (χ3n) is 4.96. The highest BCUT2D eigenvalue weighted by Crippen LogP contribution is 2.24. The molecule has 0 radical (unpaired) electrons. The van der Waals surface area contributed by atoms with Gasteiger partial charge in [0, 0.05) is 17.0 Å². The van der Waals surface area contributed by atoms with Crippen LogP contribution in [0.15, 0.2) is 41.8 Å². The SMILES string of the molecule is CCOC(=O)c1c(C)[nH]c(C)c1C(=O)C[NH2+][C@H](c1ccc(C)cc1)c1cccs1. The molecule has 0 aliphatic heterocycles. The molecule has 0 fully saturated rings. The van der Waals surface area contributed by atoms with Gasteiger partial charge in [-0.2, -0.15) is 0 Å². The number of rotatable bonds is 8. The summed E-state index contributed by atoms with van der Waals surface area (Å²) in [6.45, 7) is 7.94. The van der Waals surface area contributed by atoms with Crippen LogP contribution in [-0.2, 0) is 4.74 Å². The summed E-state index contributed by atoms with van der Waals surface area (Å²) in [5.41, 5.74) is 4.51. The minimum Gasteiger partial charge on any atom is -0.462 e. The molecule has 152 valence electrons. The van der Waals surface area contributed by atoms with Crippen molar-refractivity contribution in [3.63, 3.8) is 0 Å². The normalized spacial score (nSPS) is 12.0.